The zero-order valence-electron chi connectivity index (χ0n) is 9.88. The maximum Gasteiger partial charge on any atom is 0.102 e. The van der Waals surface area contributed by atoms with Crippen molar-refractivity contribution in [3.8, 4) is 6.07 Å². The zero-order chi connectivity index (χ0) is 11.2. The lowest BCUT2D eigenvalue weighted by Crippen LogP contribution is -2.44. The van der Waals surface area contributed by atoms with Crippen molar-refractivity contribution in [3.05, 3.63) is 0 Å². The number of hydrogen-bond donors (Lipinski definition) is 1. The van der Waals surface area contributed by atoms with Gasteiger partial charge in [-0.25, -0.2) is 0 Å². The Balaban J connectivity index is 4.17. The third kappa shape index (κ3) is 4.59. The fraction of sp³-hybridized carbons (Fsp3) is 0.909. The molecule has 0 bridgehead atoms. The zero-order valence-corrected chi connectivity index (χ0v) is 9.88. The summed E-state index contributed by atoms with van der Waals surface area (Å²) < 4.78 is 0. The molecule has 2 unspecified atom stereocenters. The van der Waals surface area contributed by atoms with Crippen LogP contribution in [-0.4, -0.2) is 29.6 Å². The molecule has 2 atom stereocenters. The van der Waals surface area contributed by atoms with Gasteiger partial charge in [0.1, 0.15) is 5.54 Å². The molecule has 0 fully saturated rings. The van der Waals surface area contributed by atoms with Crippen LogP contribution in [0.2, 0.25) is 0 Å². The predicted molar refractivity (Wildman–Crippen MR) is 59.8 cm³/mol. The summed E-state index contributed by atoms with van der Waals surface area (Å²) in [5, 5.41) is 8.83. The van der Waals surface area contributed by atoms with Crippen molar-refractivity contribution >= 4 is 0 Å². The van der Waals surface area contributed by atoms with Gasteiger partial charge in [0.25, 0.3) is 0 Å². The van der Waals surface area contributed by atoms with Gasteiger partial charge in [-0.2, -0.15) is 5.26 Å². The average Bonchev–Trinajstić information content (AvgIpc) is 2.13. The highest BCUT2D eigenvalue weighted by Gasteiger charge is 2.23. The first kappa shape index (κ1) is 13.4. The van der Waals surface area contributed by atoms with Crippen molar-refractivity contribution in [1.29, 1.82) is 5.26 Å². The van der Waals surface area contributed by atoms with Crippen molar-refractivity contribution in [2.24, 2.45) is 5.73 Å². The summed E-state index contributed by atoms with van der Waals surface area (Å²) in [4.78, 5) is 2.36. The van der Waals surface area contributed by atoms with Gasteiger partial charge in [-0.1, -0.05) is 13.8 Å². The Morgan fingerprint density at radius 3 is 2.43 bits per heavy atom. The third-order valence-electron chi connectivity index (χ3n) is 2.52. The number of nitrogens with zero attached hydrogens (tertiary/aromatic N) is 2. The van der Waals surface area contributed by atoms with E-state index in [4.69, 9.17) is 11.0 Å². The molecule has 0 aliphatic carbocycles. The van der Waals surface area contributed by atoms with Crippen LogP contribution in [0.15, 0.2) is 0 Å². The minimum Gasteiger partial charge on any atom is -0.314 e. The van der Waals surface area contributed by atoms with Gasteiger partial charge < -0.3 is 10.6 Å². The number of nitriles is 1. The van der Waals surface area contributed by atoms with Gasteiger partial charge in [0.05, 0.1) is 6.07 Å². The SMILES string of the molecule is CCCN(CC)C(C)CC(C)(N)C#N. The molecule has 3 nitrogen and oxygen atoms in total. The van der Waals surface area contributed by atoms with E-state index in [-0.39, 0.29) is 0 Å². The highest BCUT2D eigenvalue weighted by Crippen LogP contribution is 2.13. The Morgan fingerprint density at radius 2 is 2.07 bits per heavy atom. The number of rotatable bonds is 6. The summed E-state index contributed by atoms with van der Waals surface area (Å²) in [5.74, 6) is 0. The number of nitrogens with two attached hydrogens (primary N) is 1. The molecule has 0 radical (unpaired) electrons. The Kier molecular flexibility index (Phi) is 5.75. The summed E-state index contributed by atoms with van der Waals surface area (Å²) in [6.45, 7) is 10.4. The van der Waals surface area contributed by atoms with Crippen molar-refractivity contribution in [2.45, 2.75) is 52.1 Å². The second-order valence-electron chi connectivity index (χ2n) is 4.21. The molecule has 0 heterocycles. The van der Waals surface area contributed by atoms with E-state index in [1.807, 2.05) is 0 Å². The van der Waals surface area contributed by atoms with Gasteiger partial charge in [-0.3, -0.25) is 0 Å². The molecule has 0 saturated carbocycles. The van der Waals surface area contributed by atoms with E-state index in [0.29, 0.717) is 6.04 Å². The van der Waals surface area contributed by atoms with Crippen molar-refractivity contribution in [1.82, 2.24) is 4.90 Å². The van der Waals surface area contributed by atoms with Crippen LogP contribution in [0.3, 0.4) is 0 Å². The molecule has 0 spiro atoms. The standard InChI is InChI=1S/C11H23N3/c1-5-7-14(6-2)10(3)8-11(4,13)9-12/h10H,5-8,13H2,1-4H3. The molecule has 0 saturated heterocycles. The lowest BCUT2D eigenvalue weighted by molar-refractivity contribution is 0.194. The lowest BCUT2D eigenvalue weighted by Gasteiger charge is -2.31. The summed E-state index contributed by atoms with van der Waals surface area (Å²) in [7, 11) is 0. The number of hydrogen-bond acceptors (Lipinski definition) is 3. The van der Waals surface area contributed by atoms with Gasteiger partial charge in [0, 0.05) is 6.04 Å². The molecule has 0 aromatic rings. The monoisotopic (exact) mass is 197 g/mol. The summed E-state index contributed by atoms with van der Waals surface area (Å²) in [6, 6.07) is 2.53. The highest BCUT2D eigenvalue weighted by molar-refractivity contribution is 5.02. The summed E-state index contributed by atoms with van der Waals surface area (Å²) >= 11 is 0. The maximum atomic E-state index is 8.83. The van der Waals surface area contributed by atoms with Crippen LogP contribution in [0, 0.1) is 11.3 Å². The second-order valence-corrected chi connectivity index (χ2v) is 4.21. The van der Waals surface area contributed by atoms with Crippen molar-refractivity contribution in [3.63, 3.8) is 0 Å². The van der Waals surface area contributed by atoms with Gasteiger partial charge in [0.2, 0.25) is 0 Å². The quantitative estimate of drug-likeness (QED) is 0.705. The third-order valence-corrected chi connectivity index (χ3v) is 2.52. The van der Waals surface area contributed by atoms with E-state index in [2.05, 4.69) is 31.7 Å². The minimum atomic E-state index is -0.694. The van der Waals surface area contributed by atoms with E-state index in [1.54, 1.807) is 6.92 Å². The van der Waals surface area contributed by atoms with Crippen LogP contribution >= 0.6 is 0 Å². The van der Waals surface area contributed by atoms with Crippen LogP contribution in [0.4, 0.5) is 0 Å². The fourth-order valence-electron chi connectivity index (χ4n) is 1.77. The summed E-state index contributed by atoms with van der Waals surface area (Å²) in [6.07, 6.45) is 1.88. The molecule has 0 aliphatic heterocycles. The largest absolute Gasteiger partial charge is 0.314 e. The molecular weight excluding hydrogens is 174 g/mol. The Morgan fingerprint density at radius 1 is 1.50 bits per heavy atom. The normalized spacial score (nSPS) is 17.5. The second kappa shape index (κ2) is 6.00. The molecular formula is C11H23N3. The molecule has 0 rings (SSSR count). The topological polar surface area (TPSA) is 53.0 Å². The van der Waals surface area contributed by atoms with Gasteiger partial charge in [-0.15, -0.1) is 0 Å². The van der Waals surface area contributed by atoms with E-state index in [1.165, 1.54) is 0 Å². The molecule has 14 heavy (non-hydrogen) atoms. The van der Waals surface area contributed by atoms with E-state index in [0.717, 1.165) is 25.9 Å². The van der Waals surface area contributed by atoms with Crippen LogP contribution in [0.5, 0.6) is 0 Å². The van der Waals surface area contributed by atoms with Crippen LogP contribution in [-0.2, 0) is 0 Å². The van der Waals surface area contributed by atoms with Gasteiger partial charge in [-0.05, 0) is 39.8 Å². The molecule has 0 aromatic carbocycles. The first-order valence-electron chi connectivity index (χ1n) is 5.41. The van der Waals surface area contributed by atoms with Crippen LogP contribution in [0.25, 0.3) is 0 Å². The maximum absolute atomic E-state index is 8.83. The lowest BCUT2D eigenvalue weighted by atomic mass is 9.96. The Bertz CT molecular complexity index is 193. The minimum absolute atomic E-state index is 0.384. The van der Waals surface area contributed by atoms with Crippen LogP contribution in [0.1, 0.15) is 40.5 Å². The van der Waals surface area contributed by atoms with Crippen molar-refractivity contribution in [2.75, 3.05) is 13.1 Å². The van der Waals surface area contributed by atoms with Crippen LogP contribution < -0.4 is 5.73 Å². The molecule has 82 valence electrons. The van der Waals surface area contributed by atoms with E-state index >= 15 is 0 Å². The van der Waals surface area contributed by atoms with Gasteiger partial charge >= 0.3 is 0 Å². The Hall–Kier alpha value is -0.590. The molecule has 2 N–H and O–H groups in total. The molecule has 0 aliphatic rings. The molecule has 0 amide bonds. The average molecular weight is 197 g/mol. The van der Waals surface area contributed by atoms with E-state index < -0.39 is 5.54 Å². The summed E-state index contributed by atoms with van der Waals surface area (Å²) in [5.41, 5.74) is 5.12. The fourth-order valence-corrected chi connectivity index (χ4v) is 1.77. The molecule has 0 aromatic heterocycles. The smallest absolute Gasteiger partial charge is 0.102 e. The Labute approximate surface area is 87.9 Å². The molecule has 3 heteroatoms. The first-order chi connectivity index (χ1) is 6.46. The highest BCUT2D eigenvalue weighted by atomic mass is 15.1. The van der Waals surface area contributed by atoms with E-state index in [9.17, 15) is 0 Å². The van der Waals surface area contributed by atoms with Gasteiger partial charge in [0.15, 0.2) is 0 Å². The first-order valence-corrected chi connectivity index (χ1v) is 5.41. The van der Waals surface area contributed by atoms with Crippen molar-refractivity contribution < 1.29 is 0 Å². The predicted octanol–water partition coefficient (Wildman–Crippen LogP) is 1.74.